The number of carbonyl (C=O) groups excluding carboxylic acids is 1. The van der Waals surface area contributed by atoms with Gasteiger partial charge in [-0.25, -0.2) is 4.98 Å². The summed E-state index contributed by atoms with van der Waals surface area (Å²) >= 11 is 4.90. The summed E-state index contributed by atoms with van der Waals surface area (Å²) in [7, 11) is 0. The Hall–Kier alpha value is -0.420. The van der Waals surface area contributed by atoms with Gasteiger partial charge in [0, 0.05) is 16.8 Å². The molecule has 90 valence electrons. The molecule has 0 aliphatic carbocycles. The maximum absolute atomic E-state index is 11.9. The van der Waals surface area contributed by atoms with E-state index in [1.165, 1.54) is 11.3 Å². The zero-order chi connectivity index (χ0) is 12.1. The van der Waals surface area contributed by atoms with E-state index in [1.54, 1.807) is 5.38 Å². The molecule has 1 aromatic rings. The van der Waals surface area contributed by atoms with Crippen LogP contribution >= 0.6 is 27.3 Å². The van der Waals surface area contributed by atoms with Crippen molar-refractivity contribution in [2.75, 3.05) is 5.33 Å². The van der Waals surface area contributed by atoms with Crippen LogP contribution in [-0.2, 0) is 0 Å². The summed E-state index contributed by atoms with van der Waals surface area (Å²) in [5, 5.41) is 6.64. The van der Waals surface area contributed by atoms with Gasteiger partial charge in [-0.1, -0.05) is 29.8 Å². The van der Waals surface area contributed by atoms with Crippen LogP contribution in [0.5, 0.6) is 0 Å². The molecule has 1 aromatic heterocycles. The van der Waals surface area contributed by atoms with Crippen LogP contribution in [0.1, 0.15) is 35.8 Å². The molecule has 0 aliphatic rings. The minimum absolute atomic E-state index is 0.0657. The first-order valence-electron chi connectivity index (χ1n) is 5.33. The maximum atomic E-state index is 11.9. The van der Waals surface area contributed by atoms with Crippen LogP contribution in [0.4, 0.5) is 0 Å². The molecular formula is C11H17BrN2OS. The number of alkyl halides is 1. The summed E-state index contributed by atoms with van der Waals surface area (Å²) < 4.78 is 0. The van der Waals surface area contributed by atoms with Gasteiger partial charge in [0.1, 0.15) is 5.69 Å². The third kappa shape index (κ3) is 3.87. The van der Waals surface area contributed by atoms with E-state index in [0.29, 0.717) is 11.6 Å². The van der Waals surface area contributed by atoms with Crippen molar-refractivity contribution in [2.24, 2.45) is 5.92 Å². The third-order valence-electron chi connectivity index (χ3n) is 2.39. The average molecular weight is 305 g/mol. The Balaban J connectivity index is 2.61. The number of rotatable bonds is 5. The number of hydrogen-bond donors (Lipinski definition) is 1. The summed E-state index contributed by atoms with van der Waals surface area (Å²) in [4.78, 5) is 16.0. The van der Waals surface area contributed by atoms with Crippen molar-refractivity contribution in [3.63, 3.8) is 0 Å². The second kappa shape index (κ2) is 6.35. The second-order valence-corrected chi connectivity index (χ2v) is 5.91. The fourth-order valence-electron chi connectivity index (χ4n) is 1.40. The van der Waals surface area contributed by atoms with Crippen molar-refractivity contribution in [3.05, 3.63) is 16.1 Å². The van der Waals surface area contributed by atoms with E-state index < -0.39 is 0 Å². The third-order valence-corrected chi connectivity index (χ3v) is 3.62. The molecule has 1 N–H and O–H groups in total. The van der Waals surface area contributed by atoms with E-state index in [1.807, 2.05) is 6.92 Å². The van der Waals surface area contributed by atoms with Gasteiger partial charge in [-0.15, -0.1) is 11.3 Å². The first kappa shape index (κ1) is 13.6. The lowest BCUT2D eigenvalue weighted by atomic mass is 10.0. The molecule has 1 atom stereocenters. The normalized spacial score (nSPS) is 12.8. The number of carbonyl (C=O) groups is 1. The van der Waals surface area contributed by atoms with E-state index in [0.717, 1.165) is 16.8 Å². The van der Waals surface area contributed by atoms with Crippen molar-refractivity contribution in [1.82, 2.24) is 10.3 Å². The minimum Gasteiger partial charge on any atom is -0.348 e. The Morgan fingerprint density at radius 1 is 1.62 bits per heavy atom. The quantitative estimate of drug-likeness (QED) is 0.850. The number of halogens is 1. The molecule has 0 bridgehead atoms. The first-order chi connectivity index (χ1) is 7.54. The fraction of sp³-hybridized carbons (Fsp3) is 0.636. The van der Waals surface area contributed by atoms with Gasteiger partial charge in [0.2, 0.25) is 0 Å². The van der Waals surface area contributed by atoms with Crippen LogP contribution in [0.3, 0.4) is 0 Å². The number of nitrogens with one attached hydrogen (secondary N) is 1. The molecule has 0 radical (unpaired) electrons. The van der Waals surface area contributed by atoms with Crippen LogP contribution in [0.15, 0.2) is 5.38 Å². The van der Waals surface area contributed by atoms with Gasteiger partial charge in [0.25, 0.3) is 5.91 Å². The van der Waals surface area contributed by atoms with Crippen LogP contribution in [0, 0.1) is 12.8 Å². The van der Waals surface area contributed by atoms with E-state index in [2.05, 4.69) is 40.1 Å². The molecule has 1 unspecified atom stereocenters. The number of aromatic nitrogens is 1. The topological polar surface area (TPSA) is 42.0 Å². The Kier molecular flexibility index (Phi) is 5.41. The van der Waals surface area contributed by atoms with E-state index in [9.17, 15) is 4.79 Å². The lowest BCUT2D eigenvalue weighted by Gasteiger charge is -2.20. The van der Waals surface area contributed by atoms with Crippen molar-refractivity contribution < 1.29 is 4.79 Å². The van der Waals surface area contributed by atoms with Gasteiger partial charge in [-0.05, 0) is 19.3 Å². The van der Waals surface area contributed by atoms with E-state index in [4.69, 9.17) is 0 Å². The molecule has 1 amide bonds. The van der Waals surface area contributed by atoms with Crippen molar-refractivity contribution in [2.45, 2.75) is 33.2 Å². The van der Waals surface area contributed by atoms with Crippen LogP contribution < -0.4 is 5.32 Å². The highest BCUT2D eigenvalue weighted by Crippen LogP contribution is 2.11. The molecule has 1 heterocycles. The molecule has 0 saturated carbocycles. The highest BCUT2D eigenvalue weighted by Gasteiger charge is 2.17. The second-order valence-electron chi connectivity index (χ2n) is 4.05. The van der Waals surface area contributed by atoms with Gasteiger partial charge in [0.05, 0.1) is 5.01 Å². The summed E-state index contributed by atoms with van der Waals surface area (Å²) in [5.74, 6) is 0.366. The zero-order valence-electron chi connectivity index (χ0n) is 9.79. The van der Waals surface area contributed by atoms with Crippen LogP contribution in [0.2, 0.25) is 0 Å². The lowest BCUT2D eigenvalue weighted by molar-refractivity contribution is 0.0920. The summed E-state index contributed by atoms with van der Waals surface area (Å²) in [5.41, 5.74) is 0.530. The van der Waals surface area contributed by atoms with Gasteiger partial charge in [0.15, 0.2) is 0 Å². The summed E-state index contributed by atoms with van der Waals surface area (Å²) in [6.07, 6.45) is 0.937. The van der Waals surface area contributed by atoms with Gasteiger partial charge in [-0.3, -0.25) is 4.79 Å². The standard InChI is InChI=1S/C11H17BrN2OS/c1-7(2)9(4-5-12)14-11(15)10-6-16-8(3)13-10/h6-7,9H,4-5H2,1-3H3,(H,14,15). The van der Waals surface area contributed by atoms with Gasteiger partial charge in [-0.2, -0.15) is 0 Å². The largest absolute Gasteiger partial charge is 0.348 e. The zero-order valence-corrected chi connectivity index (χ0v) is 12.2. The molecule has 0 saturated heterocycles. The molecule has 0 aliphatic heterocycles. The van der Waals surface area contributed by atoms with Crippen molar-refractivity contribution >= 4 is 33.2 Å². The first-order valence-corrected chi connectivity index (χ1v) is 7.33. The van der Waals surface area contributed by atoms with E-state index >= 15 is 0 Å². The molecule has 0 aromatic carbocycles. The molecule has 3 nitrogen and oxygen atoms in total. The smallest absolute Gasteiger partial charge is 0.270 e. The maximum Gasteiger partial charge on any atom is 0.270 e. The van der Waals surface area contributed by atoms with E-state index in [-0.39, 0.29) is 11.9 Å². The number of nitrogens with zero attached hydrogens (tertiary/aromatic N) is 1. The predicted octanol–water partition coefficient (Wildman–Crippen LogP) is 2.99. The number of aryl methyl sites for hydroxylation is 1. The number of hydrogen-bond acceptors (Lipinski definition) is 3. The molecule has 0 fully saturated rings. The Morgan fingerprint density at radius 3 is 2.75 bits per heavy atom. The molecule has 1 rings (SSSR count). The monoisotopic (exact) mass is 304 g/mol. The molecular weight excluding hydrogens is 288 g/mol. The summed E-state index contributed by atoms with van der Waals surface area (Å²) in [6.45, 7) is 6.12. The Labute approximate surface area is 109 Å². The van der Waals surface area contributed by atoms with Crippen LogP contribution in [0.25, 0.3) is 0 Å². The number of thiazole rings is 1. The lowest BCUT2D eigenvalue weighted by Crippen LogP contribution is -2.39. The van der Waals surface area contributed by atoms with Crippen LogP contribution in [-0.4, -0.2) is 22.3 Å². The Bertz CT molecular complexity index is 352. The molecule has 0 spiro atoms. The molecule has 5 heteroatoms. The number of amides is 1. The molecule has 16 heavy (non-hydrogen) atoms. The summed E-state index contributed by atoms with van der Waals surface area (Å²) in [6, 6.07) is 0.203. The highest BCUT2D eigenvalue weighted by atomic mass is 79.9. The Morgan fingerprint density at radius 2 is 2.31 bits per heavy atom. The fourth-order valence-corrected chi connectivity index (χ4v) is 2.49. The van der Waals surface area contributed by atoms with Gasteiger partial charge < -0.3 is 5.32 Å². The highest BCUT2D eigenvalue weighted by molar-refractivity contribution is 9.09. The SMILES string of the molecule is Cc1nc(C(=O)NC(CCBr)C(C)C)cs1. The average Bonchev–Trinajstić information content (AvgIpc) is 2.64. The predicted molar refractivity (Wildman–Crippen MR) is 71.4 cm³/mol. The van der Waals surface area contributed by atoms with Crippen molar-refractivity contribution in [3.8, 4) is 0 Å². The minimum atomic E-state index is -0.0657. The van der Waals surface area contributed by atoms with Gasteiger partial charge >= 0.3 is 0 Å². The van der Waals surface area contributed by atoms with Crippen molar-refractivity contribution in [1.29, 1.82) is 0 Å².